The average Bonchev–Trinajstić information content (AvgIpc) is 3.07. The number of hydrogen-bond donors (Lipinski definition) is 0. The van der Waals surface area contributed by atoms with E-state index >= 15 is 0 Å². The molecule has 0 amide bonds. The maximum atomic E-state index is 13.6. The highest BCUT2D eigenvalue weighted by Gasteiger charge is 2.30. The van der Waals surface area contributed by atoms with Crippen molar-refractivity contribution < 1.29 is 9.53 Å². The van der Waals surface area contributed by atoms with Crippen molar-refractivity contribution in [2.75, 3.05) is 7.11 Å². The van der Waals surface area contributed by atoms with Gasteiger partial charge in [-0.2, -0.15) is 0 Å². The van der Waals surface area contributed by atoms with Crippen LogP contribution < -0.4 is 4.74 Å². The summed E-state index contributed by atoms with van der Waals surface area (Å²) in [5, 5.41) is 1.04. The second-order valence-corrected chi connectivity index (χ2v) is 8.23. The third-order valence-corrected chi connectivity index (χ3v) is 5.13. The van der Waals surface area contributed by atoms with Crippen LogP contribution in [0.5, 0.6) is 5.75 Å². The van der Waals surface area contributed by atoms with E-state index in [4.69, 9.17) is 4.74 Å². The number of fused-ring (bicyclic) bond motifs is 1. The summed E-state index contributed by atoms with van der Waals surface area (Å²) in [6.45, 7) is 5.87. The van der Waals surface area contributed by atoms with E-state index in [1.54, 1.807) is 7.11 Å². The molecule has 0 saturated carbocycles. The van der Waals surface area contributed by atoms with E-state index in [0.29, 0.717) is 0 Å². The van der Waals surface area contributed by atoms with Gasteiger partial charge < -0.3 is 4.74 Å². The van der Waals surface area contributed by atoms with Crippen LogP contribution in [-0.2, 0) is 0 Å². The lowest BCUT2D eigenvalue weighted by Crippen LogP contribution is -2.27. The fourth-order valence-electron chi connectivity index (χ4n) is 3.71. The van der Waals surface area contributed by atoms with E-state index in [9.17, 15) is 4.79 Å². The number of nitrogens with zero attached hydrogens (tertiary/aromatic N) is 1. The monoisotopic (exact) mass is 383 g/mol. The summed E-state index contributed by atoms with van der Waals surface area (Å²) >= 11 is 0. The van der Waals surface area contributed by atoms with Crippen LogP contribution in [0.2, 0.25) is 0 Å². The third-order valence-electron chi connectivity index (χ3n) is 5.13. The third kappa shape index (κ3) is 3.33. The highest BCUT2D eigenvalue weighted by molar-refractivity contribution is 6.11. The summed E-state index contributed by atoms with van der Waals surface area (Å²) in [4.78, 5) is 13.6. The van der Waals surface area contributed by atoms with Gasteiger partial charge in [0.2, 0.25) is 5.91 Å². The smallest absolute Gasteiger partial charge is 0.236 e. The van der Waals surface area contributed by atoms with Crippen LogP contribution in [-0.4, -0.2) is 17.6 Å². The second kappa shape index (κ2) is 7.25. The van der Waals surface area contributed by atoms with Gasteiger partial charge in [-0.1, -0.05) is 81.4 Å². The van der Waals surface area contributed by atoms with Crippen LogP contribution >= 0.6 is 0 Å². The second-order valence-electron chi connectivity index (χ2n) is 8.23. The average molecular weight is 383 g/mol. The summed E-state index contributed by atoms with van der Waals surface area (Å²) < 4.78 is 7.35. The minimum absolute atomic E-state index is 0.0526. The van der Waals surface area contributed by atoms with E-state index in [1.165, 1.54) is 0 Å². The maximum Gasteiger partial charge on any atom is 0.236 e. The number of benzene rings is 3. The molecular weight excluding hydrogens is 358 g/mol. The molecule has 0 radical (unpaired) electrons. The molecule has 0 N–H and O–H groups in total. The highest BCUT2D eigenvalue weighted by Crippen LogP contribution is 2.43. The van der Waals surface area contributed by atoms with Gasteiger partial charge in [0.25, 0.3) is 0 Å². The highest BCUT2D eigenvalue weighted by atomic mass is 16.5. The molecule has 0 aliphatic heterocycles. The Kier molecular flexibility index (Phi) is 4.75. The minimum atomic E-state index is -0.535. The molecule has 1 heterocycles. The Hall–Kier alpha value is -3.33. The zero-order chi connectivity index (χ0) is 20.6. The molecule has 146 valence electrons. The van der Waals surface area contributed by atoms with Crippen molar-refractivity contribution in [2.45, 2.75) is 20.8 Å². The van der Waals surface area contributed by atoms with Gasteiger partial charge in [-0.15, -0.1) is 0 Å². The molecule has 0 spiro atoms. The van der Waals surface area contributed by atoms with Crippen LogP contribution in [0.25, 0.3) is 33.3 Å². The Balaban J connectivity index is 2.19. The predicted molar refractivity (Wildman–Crippen MR) is 119 cm³/mol. The standard InChI is InChI=1S/C26H25NO2/c1-26(2,3)25(28)27-22-17-20(29-4)15-16-21(22)23(18-11-7-5-8-12-18)24(27)19-13-9-6-10-14-19/h5-17H,1-4H3. The van der Waals surface area contributed by atoms with Gasteiger partial charge >= 0.3 is 0 Å². The Bertz CT molecular complexity index is 1170. The van der Waals surface area contributed by atoms with E-state index in [1.807, 2.05) is 73.9 Å². The van der Waals surface area contributed by atoms with Gasteiger partial charge in [0.05, 0.1) is 18.3 Å². The molecule has 0 aliphatic rings. The summed E-state index contributed by atoms with van der Waals surface area (Å²) in [7, 11) is 1.65. The van der Waals surface area contributed by atoms with Crippen LogP contribution in [0.1, 0.15) is 25.6 Å². The molecule has 1 aromatic heterocycles. The van der Waals surface area contributed by atoms with Gasteiger partial charge in [0.15, 0.2) is 0 Å². The molecular formula is C26H25NO2. The van der Waals surface area contributed by atoms with Crippen LogP contribution in [0.4, 0.5) is 0 Å². The number of carbonyl (C=O) groups excluding carboxylic acids is 1. The van der Waals surface area contributed by atoms with Crippen molar-refractivity contribution >= 4 is 16.8 Å². The van der Waals surface area contributed by atoms with E-state index in [-0.39, 0.29) is 5.91 Å². The van der Waals surface area contributed by atoms with Crippen molar-refractivity contribution in [3.05, 3.63) is 78.9 Å². The maximum absolute atomic E-state index is 13.6. The van der Waals surface area contributed by atoms with Gasteiger partial charge in [-0.25, -0.2) is 0 Å². The van der Waals surface area contributed by atoms with Crippen LogP contribution in [0.3, 0.4) is 0 Å². The summed E-state index contributed by atoms with van der Waals surface area (Å²) in [5.41, 5.74) is 4.40. The Morgan fingerprint density at radius 2 is 1.41 bits per heavy atom. The number of carbonyl (C=O) groups is 1. The molecule has 4 rings (SSSR count). The molecule has 0 aliphatic carbocycles. The summed E-state index contributed by atoms with van der Waals surface area (Å²) in [5.74, 6) is 0.786. The lowest BCUT2D eigenvalue weighted by atomic mass is 9.94. The lowest BCUT2D eigenvalue weighted by molar-refractivity contribution is 0.0775. The number of aromatic nitrogens is 1. The Morgan fingerprint density at radius 1 is 0.828 bits per heavy atom. The number of methoxy groups -OCH3 is 1. The van der Waals surface area contributed by atoms with Crippen molar-refractivity contribution in [2.24, 2.45) is 5.41 Å². The number of rotatable bonds is 3. The molecule has 0 saturated heterocycles. The van der Waals surface area contributed by atoms with Gasteiger partial charge in [0.1, 0.15) is 5.75 Å². The van der Waals surface area contributed by atoms with Crippen molar-refractivity contribution in [3.8, 4) is 28.1 Å². The summed E-state index contributed by atoms with van der Waals surface area (Å²) in [6, 6.07) is 26.3. The number of ether oxygens (including phenoxy) is 1. The van der Waals surface area contributed by atoms with E-state index < -0.39 is 5.41 Å². The first kappa shape index (κ1) is 19.0. The summed E-state index contributed by atoms with van der Waals surface area (Å²) in [6.07, 6.45) is 0. The zero-order valence-corrected chi connectivity index (χ0v) is 17.3. The topological polar surface area (TPSA) is 31.2 Å². The zero-order valence-electron chi connectivity index (χ0n) is 17.3. The minimum Gasteiger partial charge on any atom is -0.497 e. The first-order chi connectivity index (χ1) is 13.9. The van der Waals surface area contributed by atoms with E-state index in [2.05, 4.69) is 30.3 Å². The molecule has 0 atom stereocenters. The first-order valence-electron chi connectivity index (χ1n) is 9.80. The largest absolute Gasteiger partial charge is 0.497 e. The molecule has 3 aromatic carbocycles. The molecule has 0 fully saturated rings. The quantitative estimate of drug-likeness (QED) is 0.395. The normalized spacial score (nSPS) is 11.6. The fraction of sp³-hybridized carbons (Fsp3) is 0.192. The van der Waals surface area contributed by atoms with Crippen LogP contribution in [0.15, 0.2) is 78.9 Å². The van der Waals surface area contributed by atoms with Crippen molar-refractivity contribution in [3.63, 3.8) is 0 Å². The SMILES string of the molecule is COc1ccc2c(-c3ccccc3)c(-c3ccccc3)n(C(=O)C(C)(C)C)c2c1. The molecule has 0 unspecified atom stereocenters. The Labute approximate surface area is 171 Å². The lowest BCUT2D eigenvalue weighted by Gasteiger charge is -2.21. The number of hydrogen-bond acceptors (Lipinski definition) is 2. The first-order valence-corrected chi connectivity index (χ1v) is 9.80. The fourth-order valence-corrected chi connectivity index (χ4v) is 3.71. The Morgan fingerprint density at radius 3 is 1.97 bits per heavy atom. The van der Waals surface area contributed by atoms with Crippen molar-refractivity contribution in [1.82, 2.24) is 4.57 Å². The molecule has 29 heavy (non-hydrogen) atoms. The molecule has 3 heteroatoms. The van der Waals surface area contributed by atoms with Gasteiger partial charge in [-0.05, 0) is 23.3 Å². The molecule has 3 nitrogen and oxygen atoms in total. The van der Waals surface area contributed by atoms with Gasteiger partial charge in [0, 0.05) is 22.4 Å². The van der Waals surface area contributed by atoms with E-state index in [0.717, 1.165) is 39.0 Å². The molecule has 4 aromatic rings. The molecule has 0 bridgehead atoms. The van der Waals surface area contributed by atoms with Crippen molar-refractivity contribution in [1.29, 1.82) is 0 Å². The predicted octanol–water partition coefficient (Wildman–Crippen LogP) is 6.67. The van der Waals surface area contributed by atoms with Gasteiger partial charge in [-0.3, -0.25) is 9.36 Å². The van der Waals surface area contributed by atoms with Crippen LogP contribution in [0, 0.1) is 5.41 Å².